The van der Waals surface area contributed by atoms with Gasteiger partial charge in [0.05, 0.1) is 0 Å². The topological polar surface area (TPSA) is 45.0 Å². The Kier molecular flexibility index (Phi) is 2.68. The number of nitrogens with zero attached hydrogens (tertiary/aromatic N) is 3. The summed E-state index contributed by atoms with van der Waals surface area (Å²) >= 11 is 0. The fraction of sp³-hybridized carbons (Fsp3) is 0.923. The highest BCUT2D eigenvalue weighted by atomic mass is 16.1. The number of rotatable bonds is 1. The molecule has 2 saturated carbocycles. The second-order valence-electron chi connectivity index (χ2n) is 5.76. The third-order valence-corrected chi connectivity index (χ3v) is 4.73. The summed E-state index contributed by atoms with van der Waals surface area (Å²) in [5.74, 6) is 0. The van der Waals surface area contributed by atoms with Gasteiger partial charge in [-0.15, -0.1) is 0 Å². The molecule has 1 amide bonds. The lowest BCUT2D eigenvalue weighted by Crippen LogP contribution is -2.55. The quantitative estimate of drug-likeness (QED) is 0.643. The summed E-state index contributed by atoms with van der Waals surface area (Å²) in [4.78, 5) is 13.5. The van der Waals surface area contributed by atoms with Gasteiger partial charge in [-0.2, -0.15) is 10.2 Å². The molecule has 3 rings (SSSR count). The van der Waals surface area contributed by atoms with Gasteiger partial charge in [-0.3, -0.25) is 9.69 Å². The third kappa shape index (κ3) is 1.60. The van der Waals surface area contributed by atoms with Crippen LogP contribution < -0.4 is 0 Å². The van der Waals surface area contributed by atoms with E-state index in [2.05, 4.69) is 10.2 Å². The lowest BCUT2D eigenvalue weighted by molar-refractivity contribution is -0.132. The second kappa shape index (κ2) is 4.07. The average molecular weight is 235 g/mol. The summed E-state index contributed by atoms with van der Waals surface area (Å²) < 4.78 is 0. The van der Waals surface area contributed by atoms with Gasteiger partial charge in [0.25, 0.3) is 0 Å². The van der Waals surface area contributed by atoms with Crippen molar-refractivity contribution in [3.63, 3.8) is 0 Å². The molecule has 0 radical (unpaired) electrons. The third-order valence-electron chi connectivity index (χ3n) is 4.73. The molecular weight excluding hydrogens is 214 g/mol. The molecule has 0 saturated heterocycles. The van der Waals surface area contributed by atoms with Crippen LogP contribution in [0.15, 0.2) is 10.2 Å². The van der Waals surface area contributed by atoms with Crippen molar-refractivity contribution in [1.82, 2.24) is 4.90 Å². The van der Waals surface area contributed by atoms with Crippen LogP contribution >= 0.6 is 0 Å². The summed E-state index contributed by atoms with van der Waals surface area (Å²) in [7, 11) is 0. The van der Waals surface area contributed by atoms with E-state index < -0.39 is 0 Å². The van der Waals surface area contributed by atoms with Crippen molar-refractivity contribution < 1.29 is 4.79 Å². The molecule has 0 bridgehead atoms. The molecule has 0 atom stereocenters. The van der Waals surface area contributed by atoms with E-state index in [-0.39, 0.29) is 11.3 Å². The standard InChI is InChI=1S/C13H21N3O/c17-11-16-12(7-3-1-4-8-12)14-15-13(16)9-5-2-6-10-13/h11H,1-10H2. The van der Waals surface area contributed by atoms with Gasteiger partial charge in [-0.25, -0.2) is 0 Å². The van der Waals surface area contributed by atoms with Gasteiger partial charge in [0.15, 0.2) is 11.3 Å². The maximum absolute atomic E-state index is 11.6. The smallest absolute Gasteiger partial charge is 0.213 e. The molecule has 0 aromatic rings. The van der Waals surface area contributed by atoms with Gasteiger partial charge in [0.1, 0.15) is 0 Å². The van der Waals surface area contributed by atoms with Gasteiger partial charge < -0.3 is 0 Å². The highest BCUT2D eigenvalue weighted by Crippen LogP contribution is 2.48. The minimum atomic E-state index is -0.267. The van der Waals surface area contributed by atoms with Crippen molar-refractivity contribution in [2.24, 2.45) is 10.2 Å². The summed E-state index contributed by atoms with van der Waals surface area (Å²) in [6, 6.07) is 0. The first kappa shape index (κ1) is 11.2. The summed E-state index contributed by atoms with van der Waals surface area (Å²) in [5.41, 5.74) is -0.533. The van der Waals surface area contributed by atoms with E-state index in [0.717, 1.165) is 32.1 Å². The van der Waals surface area contributed by atoms with Crippen LogP contribution in [0.3, 0.4) is 0 Å². The van der Waals surface area contributed by atoms with Gasteiger partial charge in [-0.1, -0.05) is 12.8 Å². The Morgan fingerprint density at radius 3 is 1.53 bits per heavy atom. The Labute approximate surface area is 102 Å². The van der Waals surface area contributed by atoms with E-state index in [4.69, 9.17) is 0 Å². The Bertz CT molecular complexity index is 300. The SMILES string of the molecule is O=CN1C2(CCCCC2)N=NC12CCCCC2. The molecule has 2 aliphatic carbocycles. The average Bonchev–Trinajstić information content (AvgIpc) is 2.65. The van der Waals surface area contributed by atoms with Crippen molar-refractivity contribution in [2.45, 2.75) is 75.5 Å². The molecule has 2 spiro atoms. The van der Waals surface area contributed by atoms with E-state index in [9.17, 15) is 4.79 Å². The van der Waals surface area contributed by atoms with E-state index in [1.807, 2.05) is 4.90 Å². The highest BCUT2D eigenvalue weighted by molar-refractivity contribution is 5.52. The Balaban J connectivity index is 1.89. The van der Waals surface area contributed by atoms with E-state index in [1.165, 1.54) is 38.5 Å². The van der Waals surface area contributed by atoms with Gasteiger partial charge in [0.2, 0.25) is 6.41 Å². The Morgan fingerprint density at radius 2 is 1.18 bits per heavy atom. The Morgan fingerprint density at radius 1 is 0.765 bits per heavy atom. The van der Waals surface area contributed by atoms with Gasteiger partial charge >= 0.3 is 0 Å². The van der Waals surface area contributed by atoms with Crippen LogP contribution in [0.1, 0.15) is 64.2 Å². The number of carbonyl (C=O) groups excluding carboxylic acids is 1. The first-order valence-electron chi connectivity index (χ1n) is 7.00. The number of azo groups is 1. The number of amides is 1. The fourth-order valence-corrected chi connectivity index (χ4v) is 3.78. The minimum absolute atomic E-state index is 0.267. The highest BCUT2D eigenvalue weighted by Gasteiger charge is 2.53. The molecule has 0 unspecified atom stereocenters. The number of hydrogen-bond acceptors (Lipinski definition) is 3. The van der Waals surface area contributed by atoms with Crippen LogP contribution in [0.5, 0.6) is 0 Å². The van der Waals surface area contributed by atoms with E-state index in [0.29, 0.717) is 0 Å². The first-order valence-corrected chi connectivity index (χ1v) is 7.00. The molecule has 17 heavy (non-hydrogen) atoms. The molecule has 3 aliphatic rings. The lowest BCUT2D eigenvalue weighted by Gasteiger charge is -2.44. The molecule has 2 fully saturated rings. The maximum atomic E-state index is 11.6. The summed E-state index contributed by atoms with van der Waals surface area (Å²) in [5, 5.41) is 9.15. The van der Waals surface area contributed by atoms with Crippen LogP contribution in [0, 0.1) is 0 Å². The molecule has 4 nitrogen and oxygen atoms in total. The lowest BCUT2D eigenvalue weighted by atomic mass is 9.83. The zero-order valence-electron chi connectivity index (χ0n) is 10.4. The second-order valence-corrected chi connectivity index (χ2v) is 5.76. The molecule has 0 N–H and O–H groups in total. The number of carbonyl (C=O) groups is 1. The van der Waals surface area contributed by atoms with E-state index >= 15 is 0 Å². The zero-order chi connectivity index (χ0) is 11.8. The largest absolute Gasteiger partial charge is 0.292 e. The van der Waals surface area contributed by atoms with E-state index in [1.54, 1.807) is 0 Å². The Hall–Kier alpha value is -0.930. The van der Waals surface area contributed by atoms with Crippen LogP contribution in [0.2, 0.25) is 0 Å². The monoisotopic (exact) mass is 235 g/mol. The van der Waals surface area contributed by atoms with Crippen molar-refractivity contribution in [1.29, 1.82) is 0 Å². The molecule has 4 heteroatoms. The van der Waals surface area contributed by atoms with Crippen LogP contribution in [-0.2, 0) is 4.79 Å². The normalized spacial score (nSPS) is 30.0. The van der Waals surface area contributed by atoms with Crippen molar-refractivity contribution >= 4 is 6.41 Å². The van der Waals surface area contributed by atoms with Crippen molar-refractivity contribution in [2.75, 3.05) is 0 Å². The molecule has 0 aromatic heterocycles. The maximum Gasteiger partial charge on any atom is 0.213 e. The van der Waals surface area contributed by atoms with Gasteiger partial charge in [0, 0.05) is 0 Å². The predicted molar refractivity (Wildman–Crippen MR) is 64.4 cm³/mol. The summed E-state index contributed by atoms with van der Waals surface area (Å²) in [6.45, 7) is 0. The van der Waals surface area contributed by atoms with Crippen molar-refractivity contribution in [3.8, 4) is 0 Å². The molecule has 1 heterocycles. The predicted octanol–water partition coefficient (Wildman–Crippen LogP) is 3.23. The molecule has 94 valence electrons. The molecule has 1 aliphatic heterocycles. The van der Waals surface area contributed by atoms with Crippen LogP contribution in [0.4, 0.5) is 0 Å². The molecule has 0 aromatic carbocycles. The first-order chi connectivity index (χ1) is 8.31. The number of hydrogen-bond donors (Lipinski definition) is 0. The van der Waals surface area contributed by atoms with Crippen LogP contribution in [-0.4, -0.2) is 22.6 Å². The fourth-order valence-electron chi connectivity index (χ4n) is 3.78. The minimum Gasteiger partial charge on any atom is -0.292 e. The van der Waals surface area contributed by atoms with Crippen molar-refractivity contribution in [3.05, 3.63) is 0 Å². The van der Waals surface area contributed by atoms with Gasteiger partial charge in [-0.05, 0) is 51.4 Å². The zero-order valence-corrected chi connectivity index (χ0v) is 10.4. The summed E-state index contributed by atoms with van der Waals surface area (Å²) in [6.07, 6.45) is 12.3. The molecular formula is C13H21N3O. The van der Waals surface area contributed by atoms with Crippen LogP contribution in [0.25, 0.3) is 0 Å².